The van der Waals surface area contributed by atoms with Crippen LogP contribution in [0.15, 0.2) is 0 Å². The van der Waals surface area contributed by atoms with Crippen molar-refractivity contribution in [3.63, 3.8) is 0 Å². The summed E-state index contributed by atoms with van der Waals surface area (Å²) in [6, 6.07) is 0.771. The van der Waals surface area contributed by atoms with Gasteiger partial charge in [-0.05, 0) is 18.9 Å². The second kappa shape index (κ2) is 9.09. The monoisotopic (exact) mass is 251 g/mol. The van der Waals surface area contributed by atoms with Crippen LogP contribution in [0.4, 0.5) is 0 Å². The molecule has 0 aliphatic carbocycles. The smallest absolute Gasteiger partial charge is 0.381 e. The van der Waals surface area contributed by atoms with Crippen molar-refractivity contribution < 1.29 is 18.0 Å². The van der Waals surface area contributed by atoms with Crippen LogP contribution >= 0.6 is 0 Å². The predicted molar refractivity (Wildman–Crippen MR) is 65.2 cm³/mol. The molecular formula is C10H25NO4Si. The standard InChI is InChI=1S/C10H25NO4Si/c1-10(8-11)9-15-6-5-7-16(12-2,13-3)14-4/h10H,5-9,11H2,1-4H3. The molecule has 0 aliphatic heterocycles. The van der Waals surface area contributed by atoms with Gasteiger partial charge in [0, 0.05) is 34.0 Å². The highest BCUT2D eigenvalue weighted by Gasteiger charge is 2.36. The molecule has 2 N–H and O–H groups in total. The number of nitrogens with two attached hydrogens (primary N) is 1. The molecule has 0 fully saturated rings. The second-order valence-corrected chi connectivity index (χ2v) is 6.91. The molecule has 0 aromatic carbocycles. The zero-order valence-electron chi connectivity index (χ0n) is 10.8. The number of hydrogen-bond donors (Lipinski definition) is 1. The molecule has 0 heterocycles. The third kappa shape index (κ3) is 5.93. The fourth-order valence-electron chi connectivity index (χ4n) is 1.30. The van der Waals surface area contributed by atoms with Gasteiger partial charge in [0.2, 0.25) is 0 Å². The molecule has 0 amide bonds. The van der Waals surface area contributed by atoms with Crippen LogP contribution in [-0.4, -0.2) is 49.9 Å². The summed E-state index contributed by atoms with van der Waals surface area (Å²) in [6.07, 6.45) is 0.874. The van der Waals surface area contributed by atoms with E-state index in [-0.39, 0.29) is 0 Å². The Balaban J connectivity index is 3.63. The van der Waals surface area contributed by atoms with Crippen LogP contribution in [0, 0.1) is 5.92 Å². The summed E-state index contributed by atoms with van der Waals surface area (Å²) in [5.41, 5.74) is 5.49. The van der Waals surface area contributed by atoms with Crippen LogP contribution in [0.3, 0.4) is 0 Å². The van der Waals surface area contributed by atoms with E-state index in [1.807, 2.05) is 0 Å². The molecule has 0 rings (SSSR count). The van der Waals surface area contributed by atoms with Crippen molar-refractivity contribution >= 4 is 8.80 Å². The van der Waals surface area contributed by atoms with Crippen LogP contribution in [0.25, 0.3) is 0 Å². The van der Waals surface area contributed by atoms with E-state index in [2.05, 4.69) is 6.92 Å². The highest BCUT2D eigenvalue weighted by atomic mass is 28.4. The fraction of sp³-hybridized carbons (Fsp3) is 1.00. The summed E-state index contributed by atoms with van der Waals surface area (Å²) in [6.45, 7) is 4.12. The van der Waals surface area contributed by atoms with Crippen LogP contribution in [-0.2, 0) is 18.0 Å². The van der Waals surface area contributed by atoms with E-state index >= 15 is 0 Å². The molecule has 0 spiro atoms. The van der Waals surface area contributed by atoms with E-state index in [1.54, 1.807) is 21.3 Å². The molecule has 0 aromatic heterocycles. The van der Waals surface area contributed by atoms with Crippen molar-refractivity contribution in [2.75, 3.05) is 41.1 Å². The average Bonchev–Trinajstić information content (AvgIpc) is 2.34. The first kappa shape index (κ1) is 16.0. The van der Waals surface area contributed by atoms with Gasteiger partial charge in [-0.25, -0.2) is 0 Å². The van der Waals surface area contributed by atoms with E-state index in [1.165, 1.54) is 0 Å². The largest absolute Gasteiger partial charge is 0.500 e. The van der Waals surface area contributed by atoms with Gasteiger partial charge in [0.1, 0.15) is 0 Å². The Morgan fingerprint density at radius 3 is 2.12 bits per heavy atom. The second-order valence-electron chi connectivity index (χ2n) is 3.81. The van der Waals surface area contributed by atoms with Crippen molar-refractivity contribution in [1.82, 2.24) is 0 Å². The molecule has 16 heavy (non-hydrogen) atoms. The molecule has 0 saturated heterocycles. The van der Waals surface area contributed by atoms with Gasteiger partial charge in [0.25, 0.3) is 0 Å². The van der Waals surface area contributed by atoms with Crippen LogP contribution in [0.1, 0.15) is 13.3 Å². The van der Waals surface area contributed by atoms with E-state index < -0.39 is 8.80 Å². The van der Waals surface area contributed by atoms with Crippen LogP contribution in [0.5, 0.6) is 0 Å². The lowest BCUT2D eigenvalue weighted by Gasteiger charge is -2.24. The van der Waals surface area contributed by atoms with Gasteiger partial charge in [-0.15, -0.1) is 0 Å². The van der Waals surface area contributed by atoms with E-state index in [9.17, 15) is 0 Å². The molecule has 0 radical (unpaired) electrons. The van der Waals surface area contributed by atoms with Crippen molar-refractivity contribution in [1.29, 1.82) is 0 Å². The highest BCUT2D eigenvalue weighted by Crippen LogP contribution is 2.14. The van der Waals surface area contributed by atoms with Crippen LogP contribution in [0.2, 0.25) is 6.04 Å². The lowest BCUT2D eigenvalue weighted by molar-refractivity contribution is 0.0941. The summed E-state index contributed by atoms with van der Waals surface area (Å²) in [7, 11) is 2.46. The van der Waals surface area contributed by atoms with Crippen molar-refractivity contribution in [2.45, 2.75) is 19.4 Å². The average molecular weight is 251 g/mol. The molecular weight excluding hydrogens is 226 g/mol. The summed E-state index contributed by atoms with van der Waals surface area (Å²) in [5, 5.41) is 0. The van der Waals surface area contributed by atoms with Gasteiger partial charge < -0.3 is 23.7 Å². The van der Waals surface area contributed by atoms with Gasteiger partial charge in [0.05, 0.1) is 6.61 Å². The predicted octanol–water partition coefficient (Wildman–Crippen LogP) is 0.866. The highest BCUT2D eigenvalue weighted by molar-refractivity contribution is 6.60. The molecule has 0 saturated carbocycles. The lowest BCUT2D eigenvalue weighted by atomic mass is 10.2. The quantitative estimate of drug-likeness (QED) is 0.461. The van der Waals surface area contributed by atoms with E-state index in [0.717, 1.165) is 12.5 Å². The summed E-state index contributed by atoms with van der Waals surface area (Å²) >= 11 is 0. The van der Waals surface area contributed by atoms with Crippen molar-refractivity contribution in [3.8, 4) is 0 Å². The van der Waals surface area contributed by atoms with Gasteiger partial charge >= 0.3 is 8.80 Å². The molecule has 0 aromatic rings. The SMILES string of the molecule is CO[Si](CCCOCC(C)CN)(OC)OC. The Hall–Kier alpha value is 0.0169. The van der Waals surface area contributed by atoms with Gasteiger partial charge in [-0.2, -0.15) is 0 Å². The zero-order chi connectivity index (χ0) is 12.4. The topological polar surface area (TPSA) is 62.9 Å². The number of rotatable bonds is 10. The van der Waals surface area contributed by atoms with Crippen molar-refractivity contribution in [3.05, 3.63) is 0 Å². The lowest BCUT2D eigenvalue weighted by Crippen LogP contribution is -2.42. The maximum atomic E-state index is 5.49. The minimum absolute atomic E-state index is 0.411. The Morgan fingerprint density at radius 2 is 1.69 bits per heavy atom. The minimum Gasteiger partial charge on any atom is -0.381 e. The first-order chi connectivity index (χ1) is 7.64. The molecule has 0 bridgehead atoms. The van der Waals surface area contributed by atoms with Gasteiger partial charge in [0.15, 0.2) is 0 Å². The molecule has 98 valence electrons. The summed E-state index contributed by atoms with van der Waals surface area (Å²) in [5.74, 6) is 0.411. The van der Waals surface area contributed by atoms with Crippen molar-refractivity contribution in [2.24, 2.45) is 11.7 Å². The molecule has 1 atom stereocenters. The van der Waals surface area contributed by atoms with Gasteiger partial charge in [-0.1, -0.05) is 6.92 Å². The molecule has 1 unspecified atom stereocenters. The third-order valence-electron chi connectivity index (χ3n) is 2.51. The number of ether oxygens (including phenoxy) is 1. The minimum atomic E-state index is -2.41. The molecule has 0 aliphatic rings. The normalized spacial score (nSPS) is 14.1. The first-order valence-corrected chi connectivity index (χ1v) is 7.50. The summed E-state index contributed by atoms with van der Waals surface area (Å²) < 4.78 is 21.4. The summed E-state index contributed by atoms with van der Waals surface area (Å²) in [4.78, 5) is 0. The Kier molecular flexibility index (Phi) is 9.10. The van der Waals surface area contributed by atoms with Gasteiger partial charge in [-0.3, -0.25) is 0 Å². The van der Waals surface area contributed by atoms with Crippen LogP contribution < -0.4 is 5.73 Å². The fourth-order valence-corrected chi connectivity index (χ4v) is 2.99. The number of hydrogen-bond acceptors (Lipinski definition) is 5. The Morgan fingerprint density at radius 1 is 1.12 bits per heavy atom. The maximum Gasteiger partial charge on any atom is 0.500 e. The zero-order valence-corrected chi connectivity index (χ0v) is 11.8. The molecule has 6 heteroatoms. The van der Waals surface area contributed by atoms with E-state index in [0.29, 0.717) is 25.7 Å². The maximum absolute atomic E-state index is 5.49. The molecule has 5 nitrogen and oxygen atoms in total. The Bertz CT molecular complexity index is 159. The first-order valence-electron chi connectivity index (χ1n) is 5.57. The van der Waals surface area contributed by atoms with E-state index in [4.69, 9.17) is 23.7 Å². The third-order valence-corrected chi connectivity index (χ3v) is 5.34. The Labute approximate surface area is 99.6 Å².